The van der Waals surface area contributed by atoms with Crippen molar-refractivity contribution in [3.05, 3.63) is 17.7 Å². The molecule has 1 aromatic carbocycles. The molecule has 0 unspecified atom stereocenters. The number of methoxy groups -OCH3 is 2. The summed E-state index contributed by atoms with van der Waals surface area (Å²) in [4.78, 5) is 14.1. The summed E-state index contributed by atoms with van der Waals surface area (Å²) >= 11 is 0. The first-order chi connectivity index (χ1) is 8.67. The molecule has 1 aliphatic rings. The smallest absolute Gasteiger partial charge is 0.254 e. The van der Waals surface area contributed by atoms with E-state index in [1.54, 1.807) is 12.1 Å². The molecular formula is C13H18N2O3. The van der Waals surface area contributed by atoms with Crippen molar-refractivity contribution < 1.29 is 14.3 Å². The van der Waals surface area contributed by atoms with Gasteiger partial charge in [-0.15, -0.1) is 0 Å². The van der Waals surface area contributed by atoms with Crippen molar-refractivity contribution >= 4 is 11.6 Å². The minimum absolute atomic E-state index is 0.000142. The molecule has 98 valence electrons. The lowest BCUT2D eigenvalue weighted by Crippen LogP contribution is -2.27. The first-order valence-electron chi connectivity index (χ1n) is 5.98. The Bertz CT molecular complexity index is 454. The molecule has 1 fully saturated rings. The summed E-state index contributed by atoms with van der Waals surface area (Å²) in [6.07, 6.45) is 2.13. The number of nitrogens with two attached hydrogens (primary N) is 1. The summed E-state index contributed by atoms with van der Waals surface area (Å²) in [5.41, 5.74) is 6.83. The van der Waals surface area contributed by atoms with E-state index < -0.39 is 0 Å². The number of benzene rings is 1. The Hall–Kier alpha value is -1.91. The summed E-state index contributed by atoms with van der Waals surface area (Å²) in [6.45, 7) is 1.63. The number of nitrogen functional groups attached to an aromatic ring is 1. The highest BCUT2D eigenvalue weighted by Gasteiger charge is 2.22. The van der Waals surface area contributed by atoms with Crippen LogP contribution in [0.2, 0.25) is 0 Å². The van der Waals surface area contributed by atoms with Crippen molar-refractivity contribution in [1.82, 2.24) is 4.90 Å². The third kappa shape index (κ3) is 2.20. The lowest BCUT2D eigenvalue weighted by atomic mass is 10.1. The normalized spacial score (nSPS) is 14.7. The van der Waals surface area contributed by atoms with Gasteiger partial charge in [0.15, 0.2) is 11.5 Å². The quantitative estimate of drug-likeness (QED) is 0.826. The predicted octanol–water partition coefficient (Wildman–Crippen LogP) is 1.52. The number of hydrogen-bond donors (Lipinski definition) is 1. The van der Waals surface area contributed by atoms with E-state index in [-0.39, 0.29) is 5.91 Å². The minimum atomic E-state index is 0.000142. The zero-order valence-electron chi connectivity index (χ0n) is 10.7. The van der Waals surface area contributed by atoms with E-state index in [4.69, 9.17) is 15.2 Å². The van der Waals surface area contributed by atoms with E-state index >= 15 is 0 Å². The Morgan fingerprint density at radius 2 is 1.89 bits per heavy atom. The number of nitrogens with zero attached hydrogens (tertiary/aromatic N) is 1. The fraction of sp³-hybridized carbons (Fsp3) is 0.462. The van der Waals surface area contributed by atoms with E-state index in [9.17, 15) is 4.79 Å². The molecule has 5 nitrogen and oxygen atoms in total. The number of carbonyl (C=O) groups is 1. The van der Waals surface area contributed by atoms with Crippen LogP contribution in [-0.2, 0) is 0 Å². The highest BCUT2D eigenvalue weighted by molar-refractivity contribution is 5.96. The van der Waals surface area contributed by atoms with Crippen molar-refractivity contribution in [2.75, 3.05) is 33.0 Å². The maximum absolute atomic E-state index is 12.2. The van der Waals surface area contributed by atoms with Crippen LogP contribution >= 0.6 is 0 Å². The Morgan fingerprint density at radius 1 is 1.22 bits per heavy atom. The van der Waals surface area contributed by atoms with E-state index in [1.807, 2.05) is 4.90 Å². The van der Waals surface area contributed by atoms with Gasteiger partial charge in [0.2, 0.25) is 0 Å². The number of hydrogen-bond acceptors (Lipinski definition) is 4. The monoisotopic (exact) mass is 250 g/mol. The van der Waals surface area contributed by atoms with Gasteiger partial charge in [0.1, 0.15) is 0 Å². The van der Waals surface area contributed by atoms with Crippen LogP contribution in [0.25, 0.3) is 0 Å². The zero-order chi connectivity index (χ0) is 13.1. The fourth-order valence-electron chi connectivity index (χ4n) is 2.22. The Morgan fingerprint density at radius 3 is 2.44 bits per heavy atom. The molecule has 0 spiro atoms. The molecular weight excluding hydrogens is 232 g/mol. The molecule has 1 heterocycles. The van der Waals surface area contributed by atoms with Gasteiger partial charge in [0.05, 0.1) is 19.9 Å². The second-order valence-corrected chi connectivity index (χ2v) is 4.30. The SMILES string of the molecule is COc1cc(C(=O)N2CCCC2)cc(N)c1OC. The summed E-state index contributed by atoms with van der Waals surface area (Å²) in [5.74, 6) is 0.954. The molecule has 18 heavy (non-hydrogen) atoms. The second kappa shape index (κ2) is 5.16. The second-order valence-electron chi connectivity index (χ2n) is 4.30. The third-order valence-electron chi connectivity index (χ3n) is 3.15. The molecule has 0 saturated carbocycles. The van der Waals surface area contributed by atoms with Crippen LogP contribution in [0, 0.1) is 0 Å². The molecule has 0 aliphatic carbocycles. The van der Waals surface area contributed by atoms with Crippen molar-refractivity contribution in [2.24, 2.45) is 0 Å². The maximum atomic E-state index is 12.2. The van der Waals surface area contributed by atoms with Gasteiger partial charge in [-0.05, 0) is 25.0 Å². The van der Waals surface area contributed by atoms with Gasteiger partial charge >= 0.3 is 0 Å². The van der Waals surface area contributed by atoms with Gasteiger partial charge < -0.3 is 20.1 Å². The van der Waals surface area contributed by atoms with Crippen LogP contribution < -0.4 is 15.2 Å². The average molecular weight is 250 g/mol. The molecule has 0 atom stereocenters. The molecule has 5 heteroatoms. The molecule has 1 aliphatic heterocycles. The topological polar surface area (TPSA) is 64.8 Å². The highest BCUT2D eigenvalue weighted by atomic mass is 16.5. The Balaban J connectivity index is 2.33. The number of amides is 1. The average Bonchev–Trinajstić information content (AvgIpc) is 2.90. The maximum Gasteiger partial charge on any atom is 0.254 e. The van der Waals surface area contributed by atoms with Gasteiger partial charge in [-0.3, -0.25) is 4.79 Å². The van der Waals surface area contributed by atoms with E-state index in [0.717, 1.165) is 25.9 Å². The van der Waals surface area contributed by atoms with Gasteiger partial charge in [-0.25, -0.2) is 0 Å². The minimum Gasteiger partial charge on any atom is -0.493 e. The zero-order valence-corrected chi connectivity index (χ0v) is 10.7. The number of ether oxygens (including phenoxy) is 2. The van der Waals surface area contributed by atoms with Crippen LogP contribution in [0.15, 0.2) is 12.1 Å². The summed E-state index contributed by atoms with van der Waals surface area (Å²) in [6, 6.07) is 3.32. The van der Waals surface area contributed by atoms with Gasteiger partial charge in [-0.1, -0.05) is 0 Å². The lowest BCUT2D eigenvalue weighted by Gasteiger charge is -2.17. The molecule has 2 N–H and O–H groups in total. The fourth-order valence-corrected chi connectivity index (χ4v) is 2.22. The molecule has 1 amide bonds. The lowest BCUT2D eigenvalue weighted by molar-refractivity contribution is 0.0792. The summed E-state index contributed by atoms with van der Waals surface area (Å²) in [5, 5.41) is 0. The molecule has 0 radical (unpaired) electrons. The van der Waals surface area contributed by atoms with Crippen LogP contribution in [0.1, 0.15) is 23.2 Å². The number of likely N-dealkylation sites (tertiary alicyclic amines) is 1. The summed E-state index contributed by atoms with van der Waals surface area (Å²) < 4.78 is 10.3. The van der Waals surface area contributed by atoms with Crippen LogP contribution in [-0.4, -0.2) is 38.1 Å². The molecule has 0 bridgehead atoms. The van der Waals surface area contributed by atoms with E-state index in [0.29, 0.717) is 22.7 Å². The first kappa shape index (κ1) is 12.5. The number of carbonyl (C=O) groups excluding carboxylic acids is 1. The summed E-state index contributed by atoms with van der Waals surface area (Å²) in [7, 11) is 3.05. The molecule has 1 saturated heterocycles. The van der Waals surface area contributed by atoms with E-state index in [2.05, 4.69) is 0 Å². The first-order valence-corrected chi connectivity index (χ1v) is 5.98. The van der Waals surface area contributed by atoms with Crippen molar-refractivity contribution in [1.29, 1.82) is 0 Å². The molecule has 1 aromatic rings. The molecule has 2 rings (SSSR count). The van der Waals surface area contributed by atoms with Crippen LogP contribution in [0.4, 0.5) is 5.69 Å². The van der Waals surface area contributed by atoms with Gasteiger partial charge in [0.25, 0.3) is 5.91 Å². The Kier molecular flexibility index (Phi) is 3.60. The van der Waals surface area contributed by atoms with Crippen molar-refractivity contribution in [3.63, 3.8) is 0 Å². The van der Waals surface area contributed by atoms with Gasteiger partial charge in [0, 0.05) is 18.7 Å². The predicted molar refractivity (Wildman–Crippen MR) is 69.1 cm³/mol. The standard InChI is InChI=1S/C13H18N2O3/c1-17-11-8-9(7-10(14)12(11)18-2)13(16)15-5-3-4-6-15/h7-8H,3-6,14H2,1-2H3. The molecule has 0 aromatic heterocycles. The third-order valence-corrected chi connectivity index (χ3v) is 3.15. The van der Waals surface area contributed by atoms with E-state index in [1.165, 1.54) is 14.2 Å². The van der Waals surface area contributed by atoms with Gasteiger partial charge in [-0.2, -0.15) is 0 Å². The van der Waals surface area contributed by atoms with Crippen LogP contribution in [0.5, 0.6) is 11.5 Å². The largest absolute Gasteiger partial charge is 0.493 e. The highest BCUT2D eigenvalue weighted by Crippen LogP contribution is 2.35. The Labute approximate surface area is 106 Å². The van der Waals surface area contributed by atoms with Crippen molar-refractivity contribution in [3.8, 4) is 11.5 Å². The number of anilines is 1. The van der Waals surface area contributed by atoms with Crippen molar-refractivity contribution in [2.45, 2.75) is 12.8 Å². The van der Waals surface area contributed by atoms with Crippen LogP contribution in [0.3, 0.4) is 0 Å². The number of rotatable bonds is 3.